The second kappa shape index (κ2) is 8.15. The van der Waals surface area contributed by atoms with Gasteiger partial charge in [0.25, 0.3) is 0 Å². The molecule has 19 heavy (non-hydrogen) atoms. The summed E-state index contributed by atoms with van der Waals surface area (Å²) in [5.41, 5.74) is 0. The quantitative estimate of drug-likeness (QED) is 0.685. The number of rotatable bonds is 6. The van der Waals surface area contributed by atoms with Gasteiger partial charge in [0.1, 0.15) is 0 Å². The number of ether oxygens (including phenoxy) is 2. The van der Waals surface area contributed by atoms with Crippen molar-refractivity contribution in [1.82, 2.24) is 4.90 Å². The molecule has 5 nitrogen and oxygen atoms in total. The lowest BCUT2D eigenvalue weighted by Crippen LogP contribution is -2.42. The standard InChI is InChI=1S/C14H25NO4/c1-4-18-13(16)11(3)9-15-8-6-7-12(10-15)14(17)19-5-2/h11-12H,4-10H2,1-3H3/t11?,12-/m0/s1. The van der Waals surface area contributed by atoms with Crippen LogP contribution in [0.1, 0.15) is 33.6 Å². The van der Waals surface area contributed by atoms with Crippen molar-refractivity contribution in [3.8, 4) is 0 Å². The number of likely N-dealkylation sites (tertiary alicyclic amines) is 1. The fraction of sp³-hybridized carbons (Fsp3) is 0.857. The van der Waals surface area contributed by atoms with E-state index in [1.165, 1.54) is 0 Å². The summed E-state index contributed by atoms with van der Waals surface area (Å²) in [5, 5.41) is 0. The van der Waals surface area contributed by atoms with E-state index in [-0.39, 0.29) is 23.8 Å². The molecular formula is C14H25NO4. The van der Waals surface area contributed by atoms with Crippen molar-refractivity contribution in [3.63, 3.8) is 0 Å². The molecule has 0 aromatic carbocycles. The van der Waals surface area contributed by atoms with Crippen LogP contribution in [0.2, 0.25) is 0 Å². The SMILES string of the molecule is CCOC(=O)C(C)CN1CCC[C@H](C(=O)OCC)C1. The summed E-state index contributed by atoms with van der Waals surface area (Å²) in [5.74, 6) is -0.485. The van der Waals surface area contributed by atoms with Crippen molar-refractivity contribution in [1.29, 1.82) is 0 Å². The number of carbonyl (C=O) groups excluding carboxylic acids is 2. The highest BCUT2D eigenvalue weighted by molar-refractivity contribution is 5.73. The number of hydrogen-bond donors (Lipinski definition) is 0. The van der Waals surface area contributed by atoms with Crippen LogP contribution in [0.15, 0.2) is 0 Å². The molecular weight excluding hydrogens is 246 g/mol. The van der Waals surface area contributed by atoms with Crippen LogP contribution in [0.25, 0.3) is 0 Å². The van der Waals surface area contributed by atoms with Crippen molar-refractivity contribution in [2.75, 3.05) is 32.8 Å². The van der Waals surface area contributed by atoms with Crippen LogP contribution in [-0.4, -0.2) is 49.7 Å². The molecule has 5 heteroatoms. The molecule has 2 atom stereocenters. The first kappa shape index (κ1) is 16.0. The van der Waals surface area contributed by atoms with Gasteiger partial charge < -0.3 is 14.4 Å². The van der Waals surface area contributed by atoms with Crippen LogP contribution < -0.4 is 0 Å². The van der Waals surface area contributed by atoms with Gasteiger partial charge in [0.15, 0.2) is 0 Å². The van der Waals surface area contributed by atoms with Gasteiger partial charge in [-0.2, -0.15) is 0 Å². The Hall–Kier alpha value is -1.10. The summed E-state index contributed by atoms with van der Waals surface area (Å²) in [6.07, 6.45) is 1.85. The number of nitrogens with zero attached hydrogens (tertiary/aromatic N) is 1. The topological polar surface area (TPSA) is 55.8 Å². The van der Waals surface area contributed by atoms with E-state index >= 15 is 0 Å². The first-order valence-corrected chi connectivity index (χ1v) is 7.14. The minimum Gasteiger partial charge on any atom is -0.466 e. The summed E-state index contributed by atoms with van der Waals surface area (Å²) < 4.78 is 10.1. The van der Waals surface area contributed by atoms with Gasteiger partial charge in [-0.05, 0) is 33.2 Å². The van der Waals surface area contributed by atoms with Gasteiger partial charge in [0, 0.05) is 13.1 Å². The Morgan fingerprint density at radius 3 is 2.58 bits per heavy atom. The van der Waals surface area contributed by atoms with Crippen molar-refractivity contribution in [3.05, 3.63) is 0 Å². The van der Waals surface area contributed by atoms with E-state index in [0.29, 0.717) is 26.3 Å². The summed E-state index contributed by atoms with van der Waals surface area (Å²) >= 11 is 0. The van der Waals surface area contributed by atoms with Crippen LogP contribution >= 0.6 is 0 Å². The third-order valence-electron chi connectivity index (χ3n) is 3.35. The minimum absolute atomic E-state index is 0.0527. The van der Waals surface area contributed by atoms with Gasteiger partial charge in [0.05, 0.1) is 25.0 Å². The highest BCUT2D eigenvalue weighted by atomic mass is 16.5. The average Bonchev–Trinajstić information content (AvgIpc) is 2.39. The number of piperidine rings is 1. The van der Waals surface area contributed by atoms with E-state index in [1.54, 1.807) is 0 Å². The van der Waals surface area contributed by atoms with Gasteiger partial charge in [-0.15, -0.1) is 0 Å². The molecule has 0 aromatic heterocycles. The number of hydrogen-bond acceptors (Lipinski definition) is 5. The fourth-order valence-corrected chi connectivity index (χ4v) is 2.42. The Labute approximate surface area is 115 Å². The Morgan fingerprint density at radius 2 is 1.95 bits per heavy atom. The molecule has 1 fully saturated rings. The summed E-state index contributed by atoms with van der Waals surface area (Å²) in [4.78, 5) is 25.5. The summed E-state index contributed by atoms with van der Waals surface area (Å²) in [6, 6.07) is 0. The average molecular weight is 271 g/mol. The molecule has 0 saturated carbocycles. The smallest absolute Gasteiger partial charge is 0.310 e. The van der Waals surface area contributed by atoms with Crippen molar-refractivity contribution in [2.24, 2.45) is 11.8 Å². The highest BCUT2D eigenvalue weighted by Crippen LogP contribution is 2.19. The van der Waals surface area contributed by atoms with E-state index < -0.39 is 0 Å². The number of esters is 2. The fourth-order valence-electron chi connectivity index (χ4n) is 2.42. The van der Waals surface area contributed by atoms with E-state index in [4.69, 9.17) is 9.47 Å². The maximum absolute atomic E-state index is 11.7. The zero-order valence-electron chi connectivity index (χ0n) is 12.2. The molecule has 1 aliphatic rings. The lowest BCUT2D eigenvalue weighted by molar-refractivity contribution is -0.150. The first-order chi connectivity index (χ1) is 9.08. The Morgan fingerprint density at radius 1 is 1.26 bits per heavy atom. The Balaban J connectivity index is 2.42. The molecule has 0 amide bonds. The second-order valence-electron chi connectivity index (χ2n) is 5.00. The lowest BCUT2D eigenvalue weighted by atomic mass is 9.97. The van der Waals surface area contributed by atoms with Gasteiger partial charge in [-0.1, -0.05) is 6.92 Å². The van der Waals surface area contributed by atoms with E-state index in [0.717, 1.165) is 19.4 Å². The molecule has 0 spiro atoms. The second-order valence-corrected chi connectivity index (χ2v) is 5.00. The maximum atomic E-state index is 11.7. The summed E-state index contributed by atoms with van der Waals surface area (Å²) in [6.45, 7) is 8.59. The normalized spacial score (nSPS) is 21.7. The Kier molecular flexibility index (Phi) is 6.84. The van der Waals surface area contributed by atoms with Crippen molar-refractivity contribution >= 4 is 11.9 Å². The van der Waals surface area contributed by atoms with Crippen LogP contribution in [0.3, 0.4) is 0 Å². The van der Waals surface area contributed by atoms with Crippen LogP contribution in [0, 0.1) is 11.8 Å². The van der Waals surface area contributed by atoms with E-state index in [9.17, 15) is 9.59 Å². The third-order valence-corrected chi connectivity index (χ3v) is 3.35. The monoisotopic (exact) mass is 271 g/mol. The highest BCUT2D eigenvalue weighted by Gasteiger charge is 2.28. The molecule has 1 rings (SSSR count). The number of carbonyl (C=O) groups is 2. The molecule has 0 aromatic rings. The molecule has 1 saturated heterocycles. The predicted octanol–water partition coefficient (Wildman–Crippen LogP) is 1.46. The molecule has 110 valence electrons. The zero-order chi connectivity index (χ0) is 14.3. The largest absolute Gasteiger partial charge is 0.466 e. The molecule has 0 bridgehead atoms. The maximum Gasteiger partial charge on any atom is 0.310 e. The van der Waals surface area contributed by atoms with Gasteiger partial charge in [-0.3, -0.25) is 9.59 Å². The molecule has 0 aliphatic carbocycles. The van der Waals surface area contributed by atoms with Gasteiger partial charge in [-0.25, -0.2) is 0 Å². The van der Waals surface area contributed by atoms with Crippen LogP contribution in [-0.2, 0) is 19.1 Å². The minimum atomic E-state index is -0.166. The third kappa shape index (κ3) is 5.19. The molecule has 1 aliphatic heterocycles. The Bertz CT molecular complexity index is 304. The van der Waals surface area contributed by atoms with Gasteiger partial charge in [0.2, 0.25) is 0 Å². The van der Waals surface area contributed by atoms with Gasteiger partial charge >= 0.3 is 11.9 Å². The lowest BCUT2D eigenvalue weighted by Gasteiger charge is -2.32. The van der Waals surface area contributed by atoms with Crippen LogP contribution in [0.4, 0.5) is 0 Å². The predicted molar refractivity (Wildman–Crippen MR) is 71.6 cm³/mol. The van der Waals surface area contributed by atoms with E-state index in [2.05, 4.69) is 4.90 Å². The molecule has 0 N–H and O–H groups in total. The summed E-state index contributed by atoms with van der Waals surface area (Å²) in [7, 11) is 0. The van der Waals surface area contributed by atoms with Crippen molar-refractivity contribution < 1.29 is 19.1 Å². The first-order valence-electron chi connectivity index (χ1n) is 7.14. The van der Waals surface area contributed by atoms with Crippen molar-refractivity contribution in [2.45, 2.75) is 33.6 Å². The molecule has 0 radical (unpaired) electrons. The van der Waals surface area contributed by atoms with E-state index in [1.807, 2.05) is 20.8 Å². The zero-order valence-corrected chi connectivity index (χ0v) is 12.2. The molecule has 1 heterocycles. The molecule has 1 unspecified atom stereocenters. The van der Waals surface area contributed by atoms with Crippen LogP contribution in [0.5, 0.6) is 0 Å².